The van der Waals surface area contributed by atoms with Crippen LogP contribution in [0.3, 0.4) is 0 Å². The average molecular weight is 640 g/mol. The second kappa shape index (κ2) is 12.1. The third-order valence-corrected chi connectivity index (χ3v) is 10.5. The highest BCUT2D eigenvalue weighted by Gasteiger charge is 2.35. The SMILES string of the molecule is CC1(C)c2ccccc2-c2ccc(N(c3ccc(-c4ccccc4)cc3)c3ccc(-c4ccc5c(-c6ccccc6)cccc5c4)cc3)cc21. The summed E-state index contributed by atoms with van der Waals surface area (Å²) in [6.45, 7) is 4.70. The number of hydrogen-bond donors (Lipinski definition) is 0. The molecule has 0 saturated heterocycles. The minimum Gasteiger partial charge on any atom is -0.310 e. The topological polar surface area (TPSA) is 3.24 Å². The summed E-state index contributed by atoms with van der Waals surface area (Å²) in [5.74, 6) is 0. The number of fused-ring (bicyclic) bond motifs is 4. The summed E-state index contributed by atoms with van der Waals surface area (Å²) >= 11 is 0. The first kappa shape index (κ1) is 29.9. The number of anilines is 3. The molecule has 8 aromatic rings. The Morgan fingerprint density at radius 3 is 1.56 bits per heavy atom. The van der Waals surface area contributed by atoms with Crippen LogP contribution < -0.4 is 4.90 Å². The Hall–Kier alpha value is -6.18. The van der Waals surface area contributed by atoms with E-state index in [9.17, 15) is 0 Å². The number of rotatable bonds is 6. The zero-order chi connectivity index (χ0) is 33.7. The van der Waals surface area contributed by atoms with Crippen LogP contribution in [0.2, 0.25) is 0 Å². The van der Waals surface area contributed by atoms with E-state index < -0.39 is 0 Å². The summed E-state index contributed by atoms with van der Waals surface area (Å²) in [6.07, 6.45) is 0. The average Bonchev–Trinajstić information content (AvgIpc) is 3.41. The third kappa shape index (κ3) is 5.11. The summed E-state index contributed by atoms with van der Waals surface area (Å²) < 4.78 is 0. The Morgan fingerprint density at radius 1 is 0.340 bits per heavy atom. The van der Waals surface area contributed by atoms with Gasteiger partial charge in [-0.2, -0.15) is 0 Å². The van der Waals surface area contributed by atoms with E-state index >= 15 is 0 Å². The molecule has 1 aliphatic rings. The normalized spacial score (nSPS) is 12.8. The van der Waals surface area contributed by atoms with Crippen LogP contribution in [0.15, 0.2) is 188 Å². The van der Waals surface area contributed by atoms with Crippen molar-refractivity contribution in [1.29, 1.82) is 0 Å². The molecule has 0 aromatic heterocycles. The smallest absolute Gasteiger partial charge is 0.0465 e. The fourth-order valence-electron chi connectivity index (χ4n) is 7.85. The first-order valence-electron chi connectivity index (χ1n) is 17.4. The van der Waals surface area contributed by atoms with Crippen LogP contribution in [0.4, 0.5) is 17.1 Å². The number of nitrogens with zero attached hydrogens (tertiary/aromatic N) is 1. The van der Waals surface area contributed by atoms with E-state index in [1.807, 2.05) is 0 Å². The Balaban J connectivity index is 1.11. The first-order chi connectivity index (χ1) is 24.5. The van der Waals surface area contributed by atoms with Crippen molar-refractivity contribution in [1.82, 2.24) is 0 Å². The van der Waals surface area contributed by atoms with Gasteiger partial charge in [0.05, 0.1) is 0 Å². The van der Waals surface area contributed by atoms with Crippen molar-refractivity contribution in [2.75, 3.05) is 4.90 Å². The molecular formula is C49H37N. The molecule has 0 spiro atoms. The van der Waals surface area contributed by atoms with Crippen molar-refractivity contribution in [3.05, 3.63) is 199 Å². The zero-order valence-electron chi connectivity index (χ0n) is 28.3. The largest absolute Gasteiger partial charge is 0.310 e. The Labute approximate surface area is 294 Å². The van der Waals surface area contributed by atoms with Gasteiger partial charge in [0, 0.05) is 22.5 Å². The van der Waals surface area contributed by atoms with Crippen LogP contribution in [0.5, 0.6) is 0 Å². The van der Waals surface area contributed by atoms with Crippen molar-refractivity contribution in [3.63, 3.8) is 0 Å². The monoisotopic (exact) mass is 639 g/mol. The molecular weight excluding hydrogens is 603 g/mol. The van der Waals surface area contributed by atoms with E-state index in [1.54, 1.807) is 0 Å². The molecule has 1 heteroatoms. The summed E-state index contributed by atoms with van der Waals surface area (Å²) in [7, 11) is 0. The maximum Gasteiger partial charge on any atom is 0.0465 e. The van der Waals surface area contributed by atoms with Crippen molar-refractivity contribution < 1.29 is 0 Å². The standard InChI is InChI=1S/C49H37N/c1-49(2)47-19-10-9-17-45(47)46-31-29-42(33-48(46)49)50(40-25-20-35(21-26-40)34-12-5-3-6-13-34)41-27-22-36(23-28-41)38-24-30-44-39(32-38)16-11-18-43(44)37-14-7-4-8-15-37/h3-33H,1-2H3. The highest BCUT2D eigenvalue weighted by molar-refractivity contribution is 5.99. The van der Waals surface area contributed by atoms with Crippen molar-refractivity contribution in [2.24, 2.45) is 0 Å². The maximum atomic E-state index is 2.40. The first-order valence-corrected chi connectivity index (χ1v) is 17.4. The minimum absolute atomic E-state index is 0.0783. The third-order valence-electron chi connectivity index (χ3n) is 10.5. The van der Waals surface area contributed by atoms with E-state index in [0.717, 1.165) is 17.1 Å². The van der Waals surface area contributed by atoms with Gasteiger partial charge in [-0.25, -0.2) is 0 Å². The van der Waals surface area contributed by atoms with Gasteiger partial charge in [0.25, 0.3) is 0 Å². The molecule has 0 amide bonds. The number of benzene rings is 8. The molecule has 0 saturated carbocycles. The fourth-order valence-corrected chi connectivity index (χ4v) is 7.85. The van der Waals surface area contributed by atoms with E-state index in [0.29, 0.717) is 0 Å². The summed E-state index contributed by atoms with van der Waals surface area (Å²) in [4.78, 5) is 2.39. The number of hydrogen-bond acceptors (Lipinski definition) is 1. The second-order valence-electron chi connectivity index (χ2n) is 13.8. The van der Waals surface area contributed by atoms with Gasteiger partial charge >= 0.3 is 0 Å². The summed E-state index contributed by atoms with van der Waals surface area (Å²) in [5, 5.41) is 2.51. The Bertz CT molecular complexity index is 2470. The maximum absolute atomic E-state index is 2.40. The molecule has 8 aromatic carbocycles. The molecule has 0 unspecified atom stereocenters. The van der Waals surface area contributed by atoms with Gasteiger partial charge in [-0.1, -0.05) is 159 Å². The molecule has 0 N–H and O–H groups in total. The fraction of sp³-hybridized carbons (Fsp3) is 0.0612. The van der Waals surface area contributed by atoms with E-state index in [4.69, 9.17) is 0 Å². The predicted molar refractivity (Wildman–Crippen MR) is 213 cm³/mol. The lowest BCUT2D eigenvalue weighted by Crippen LogP contribution is -2.16. The Kier molecular flexibility index (Phi) is 7.21. The van der Waals surface area contributed by atoms with Crippen molar-refractivity contribution in [2.45, 2.75) is 19.3 Å². The van der Waals surface area contributed by atoms with Gasteiger partial charge in [0.2, 0.25) is 0 Å². The van der Waals surface area contributed by atoms with E-state index in [1.165, 1.54) is 66.4 Å². The predicted octanol–water partition coefficient (Wildman–Crippen LogP) is 13.6. The minimum atomic E-state index is -0.0783. The molecule has 50 heavy (non-hydrogen) atoms. The van der Waals surface area contributed by atoms with Gasteiger partial charge < -0.3 is 4.90 Å². The lowest BCUT2D eigenvalue weighted by Gasteiger charge is -2.28. The molecule has 0 bridgehead atoms. The molecule has 9 rings (SSSR count). The Morgan fingerprint density at radius 2 is 0.860 bits per heavy atom. The lowest BCUT2D eigenvalue weighted by molar-refractivity contribution is 0.660. The van der Waals surface area contributed by atoms with Gasteiger partial charge in [-0.05, 0) is 109 Å². The van der Waals surface area contributed by atoms with Crippen molar-refractivity contribution >= 4 is 27.8 Å². The summed E-state index contributed by atoms with van der Waals surface area (Å²) in [6, 6.07) is 68.5. The van der Waals surface area contributed by atoms with Gasteiger partial charge in [-0.3, -0.25) is 0 Å². The highest BCUT2D eigenvalue weighted by Crippen LogP contribution is 2.50. The van der Waals surface area contributed by atoms with Crippen LogP contribution in [0.25, 0.3) is 55.3 Å². The molecule has 0 heterocycles. The van der Waals surface area contributed by atoms with E-state index in [2.05, 4.69) is 207 Å². The van der Waals surface area contributed by atoms with Crippen LogP contribution in [0.1, 0.15) is 25.0 Å². The second-order valence-corrected chi connectivity index (χ2v) is 13.8. The molecule has 238 valence electrons. The lowest BCUT2D eigenvalue weighted by atomic mass is 9.82. The molecule has 0 radical (unpaired) electrons. The molecule has 1 nitrogen and oxygen atoms in total. The van der Waals surface area contributed by atoms with Gasteiger partial charge in [0.15, 0.2) is 0 Å². The molecule has 0 atom stereocenters. The zero-order valence-corrected chi connectivity index (χ0v) is 28.3. The molecule has 0 fully saturated rings. The summed E-state index contributed by atoms with van der Waals surface area (Å²) in [5.41, 5.74) is 16.1. The van der Waals surface area contributed by atoms with Gasteiger partial charge in [-0.15, -0.1) is 0 Å². The van der Waals surface area contributed by atoms with Crippen LogP contribution in [-0.4, -0.2) is 0 Å². The van der Waals surface area contributed by atoms with Crippen LogP contribution in [-0.2, 0) is 5.41 Å². The highest BCUT2D eigenvalue weighted by atomic mass is 15.1. The quantitative estimate of drug-likeness (QED) is 0.175. The van der Waals surface area contributed by atoms with E-state index in [-0.39, 0.29) is 5.41 Å². The van der Waals surface area contributed by atoms with Crippen LogP contribution in [0, 0.1) is 0 Å². The molecule has 0 aliphatic heterocycles. The van der Waals surface area contributed by atoms with Crippen molar-refractivity contribution in [3.8, 4) is 44.5 Å². The van der Waals surface area contributed by atoms with Crippen LogP contribution >= 0.6 is 0 Å². The van der Waals surface area contributed by atoms with Gasteiger partial charge in [0.1, 0.15) is 0 Å². The molecule has 1 aliphatic carbocycles.